The van der Waals surface area contributed by atoms with E-state index in [1.54, 1.807) is 6.07 Å². The Kier molecular flexibility index (Phi) is 9.16. The van der Waals surface area contributed by atoms with Crippen LogP contribution in [0.25, 0.3) is 16.6 Å². The number of anilines is 2. The van der Waals surface area contributed by atoms with Crippen molar-refractivity contribution in [1.82, 2.24) is 24.8 Å². The number of halogens is 3. The molecule has 288 valence electrons. The maximum Gasteiger partial charge on any atom is 0.282 e. The molecule has 0 bridgehead atoms. The highest BCUT2D eigenvalue weighted by atomic mass is 35.5. The Morgan fingerprint density at radius 2 is 1.62 bits per heavy atom. The van der Waals surface area contributed by atoms with Crippen LogP contribution in [-0.4, -0.2) is 70.5 Å². The first-order chi connectivity index (χ1) is 27.0. The first-order valence-corrected chi connectivity index (χ1v) is 19.7. The zero-order valence-corrected chi connectivity index (χ0v) is 32.1. The van der Waals surface area contributed by atoms with Crippen molar-refractivity contribution in [3.05, 3.63) is 122 Å². The lowest BCUT2D eigenvalue weighted by Gasteiger charge is -2.36. The smallest absolute Gasteiger partial charge is 0.282 e. The lowest BCUT2D eigenvalue weighted by molar-refractivity contribution is -0.134. The lowest BCUT2D eigenvalue weighted by atomic mass is 9.85. The number of aromatic nitrogens is 3. The summed E-state index contributed by atoms with van der Waals surface area (Å²) in [4.78, 5) is 53.2. The monoisotopic (exact) mass is 777 g/mol. The summed E-state index contributed by atoms with van der Waals surface area (Å²) < 4.78 is 32.5. The number of amides is 2. The molecule has 4 aliphatic heterocycles. The van der Waals surface area contributed by atoms with E-state index in [9.17, 15) is 14.4 Å². The highest BCUT2D eigenvalue weighted by Gasteiger charge is 2.39. The molecule has 9 rings (SSSR count). The number of hydrogen-bond acceptors (Lipinski definition) is 8. The van der Waals surface area contributed by atoms with Crippen LogP contribution in [0.5, 0.6) is 0 Å². The minimum Gasteiger partial charge on any atom is -0.369 e. The van der Waals surface area contributed by atoms with E-state index < -0.39 is 34.8 Å². The predicted octanol–water partition coefficient (Wildman–Crippen LogP) is 6.58. The van der Waals surface area contributed by atoms with Gasteiger partial charge in [-0.1, -0.05) is 29.8 Å². The number of rotatable bonds is 6. The Morgan fingerprint density at radius 3 is 2.32 bits per heavy atom. The second-order valence-electron chi connectivity index (χ2n) is 16.0. The van der Waals surface area contributed by atoms with Gasteiger partial charge >= 0.3 is 0 Å². The van der Waals surface area contributed by atoms with Crippen LogP contribution in [0.4, 0.5) is 20.3 Å². The van der Waals surface area contributed by atoms with Gasteiger partial charge in [0.15, 0.2) is 0 Å². The average molecular weight is 778 g/mol. The number of pyridine rings is 1. The number of piperazine rings is 1. The van der Waals surface area contributed by atoms with E-state index >= 15 is 8.78 Å². The molecule has 3 saturated heterocycles. The Balaban J connectivity index is 0.810. The van der Waals surface area contributed by atoms with Gasteiger partial charge in [0, 0.05) is 69.7 Å². The molecule has 1 N–H and O–H groups in total. The lowest BCUT2D eigenvalue weighted by Crippen LogP contribution is -2.46. The fourth-order valence-electron chi connectivity index (χ4n) is 9.14. The Bertz CT molecular complexity index is 2430. The maximum absolute atomic E-state index is 15.2. The van der Waals surface area contributed by atoms with Gasteiger partial charge in [0.25, 0.3) is 5.56 Å². The number of nitrogens with one attached hydrogen (secondary N) is 1. The standard InChI is InChI=1S/C43H42ClF2N7O3/c1-43(2)30-9-7-28(22-35(30)53-34-5-3-4-31(44)39(34)41(56)49-42(43)53)51-18-16-50(17-19-51)24-25-6-10-36(47-23-25)52-14-12-26(13-15-52)27-20-32(45)38(33(46)21-27)29-8-11-37(54)48-40(29)55/h3-7,9-10,20-23,26,29H,8,11-19,24H2,1-2H3,(H,48,54,55). The molecule has 10 nitrogen and oxygen atoms in total. The Hall–Kier alpha value is -5.20. The van der Waals surface area contributed by atoms with Crippen LogP contribution in [0, 0.1) is 11.6 Å². The Morgan fingerprint density at radius 1 is 0.875 bits per heavy atom. The molecule has 5 aromatic rings. The number of benzene rings is 3. The van der Waals surface area contributed by atoms with Crippen molar-refractivity contribution in [1.29, 1.82) is 0 Å². The number of nitrogens with zero attached hydrogens (tertiary/aromatic N) is 6. The molecule has 2 amide bonds. The van der Waals surface area contributed by atoms with E-state index in [-0.39, 0.29) is 29.9 Å². The van der Waals surface area contributed by atoms with E-state index in [4.69, 9.17) is 16.6 Å². The van der Waals surface area contributed by atoms with Crippen LogP contribution in [0.1, 0.15) is 79.4 Å². The average Bonchev–Trinajstić information content (AvgIpc) is 3.41. The minimum absolute atomic E-state index is 0.00905. The summed E-state index contributed by atoms with van der Waals surface area (Å²) in [6, 6.07) is 19.0. The topological polar surface area (TPSA) is 104 Å². The van der Waals surface area contributed by atoms with Gasteiger partial charge in [0.1, 0.15) is 23.3 Å². The summed E-state index contributed by atoms with van der Waals surface area (Å²) in [5, 5.41) is 3.04. The van der Waals surface area contributed by atoms with E-state index in [1.165, 1.54) is 12.1 Å². The quantitative estimate of drug-likeness (QED) is 0.193. The minimum atomic E-state index is -0.999. The number of hydrogen-bond donors (Lipinski definition) is 1. The van der Waals surface area contributed by atoms with Gasteiger partial charge in [0.05, 0.1) is 32.9 Å². The summed E-state index contributed by atoms with van der Waals surface area (Å²) >= 11 is 6.48. The third kappa shape index (κ3) is 6.32. The molecular formula is C43H42ClF2N7O3. The molecule has 1 atom stereocenters. The number of imide groups is 1. The highest BCUT2D eigenvalue weighted by molar-refractivity contribution is 6.35. The molecular weight excluding hydrogens is 736 g/mol. The van der Waals surface area contributed by atoms with Gasteiger partial charge in [-0.2, -0.15) is 4.98 Å². The van der Waals surface area contributed by atoms with Crippen LogP contribution < -0.4 is 20.7 Å². The third-order valence-electron chi connectivity index (χ3n) is 12.3. The molecule has 3 aromatic carbocycles. The fraction of sp³-hybridized carbons (Fsp3) is 0.372. The number of carbonyl (C=O) groups excluding carboxylic acids is 2. The molecule has 0 radical (unpaired) electrons. The van der Waals surface area contributed by atoms with Gasteiger partial charge in [-0.25, -0.2) is 13.8 Å². The third-order valence-corrected chi connectivity index (χ3v) is 12.6. The molecule has 1 unspecified atom stereocenters. The van der Waals surface area contributed by atoms with E-state index in [0.717, 1.165) is 85.2 Å². The molecule has 0 saturated carbocycles. The molecule has 6 heterocycles. The summed E-state index contributed by atoms with van der Waals surface area (Å²) in [6.07, 6.45) is 3.55. The van der Waals surface area contributed by atoms with Crippen molar-refractivity contribution >= 4 is 45.8 Å². The molecule has 2 aromatic heterocycles. The highest BCUT2D eigenvalue weighted by Crippen LogP contribution is 2.44. The van der Waals surface area contributed by atoms with E-state index in [1.807, 2.05) is 18.3 Å². The van der Waals surface area contributed by atoms with Gasteiger partial charge in [-0.3, -0.25) is 29.2 Å². The van der Waals surface area contributed by atoms with Crippen molar-refractivity contribution in [3.8, 4) is 5.69 Å². The van der Waals surface area contributed by atoms with Crippen LogP contribution in [0.15, 0.2) is 71.7 Å². The summed E-state index contributed by atoms with van der Waals surface area (Å²) in [5.74, 6) is -1.92. The van der Waals surface area contributed by atoms with Gasteiger partial charge in [0.2, 0.25) is 11.8 Å². The summed E-state index contributed by atoms with van der Waals surface area (Å²) in [7, 11) is 0. The summed E-state index contributed by atoms with van der Waals surface area (Å²) in [5.41, 5.74) is 4.82. The summed E-state index contributed by atoms with van der Waals surface area (Å²) in [6.45, 7) is 9.98. The van der Waals surface area contributed by atoms with Gasteiger partial charge in [-0.05, 0) is 98.2 Å². The molecule has 0 spiro atoms. The van der Waals surface area contributed by atoms with Crippen molar-refractivity contribution in [2.45, 2.75) is 63.3 Å². The van der Waals surface area contributed by atoms with Crippen molar-refractivity contribution in [2.75, 3.05) is 49.1 Å². The molecule has 13 heteroatoms. The van der Waals surface area contributed by atoms with Gasteiger partial charge < -0.3 is 9.80 Å². The van der Waals surface area contributed by atoms with Crippen LogP contribution >= 0.6 is 11.6 Å². The van der Waals surface area contributed by atoms with Crippen molar-refractivity contribution in [2.24, 2.45) is 0 Å². The first kappa shape index (κ1) is 36.4. The zero-order valence-electron chi connectivity index (χ0n) is 31.3. The second kappa shape index (κ2) is 14.1. The van der Waals surface area contributed by atoms with Gasteiger partial charge in [-0.15, -0.1) is 0 Å². The predicted molar refractivity (Wildman–Crippen MR) is 212 cm³/mol. The van der Waals surface area contributed by atoms with Crippen molar-refractivity contribution in [3.63, 3.8) is 0 Å². The second-order valence-corrected chi connectivity index (χ2v) is 16.4. The molecule has 0 aliphatic carbocycles. The van der Waals surface area contributed by atoms with E-state index in [2.05, 4.69) is 73.7 Å². The van der Waals surface area contributed by atoms with Crippen LogP contribution in [0.3, 0.4) is 0 Å². The SMILES string of the molecule is CC1(C)c2ccc(N3CCN(Cc4ccc(N5CCC(c6cc(F)c(C7CCC(=O)NC7=O)c(F)c6)CC5)nc4)CC3)cc2-n2c1nc(=O)c1c(Cl)cccc12. The molecule has 4 aliphatic rings. The van der Waals surface area contributed by atoms with E-state index in [0.29, 0.717) is 29.1 Å². The fourth-order valence-corrected chi connectivity index (χ4v) is 9.39. The molecule has 3 fully saturated rings. The van der Waals surface area contributed by atoms with Crippen LogP contribution in [0.2, 0.25) is 5.02 Å². The normalized spacial score (nSPS) is 20.0. The largest absolute Gasteiger partial charge is 0.369 e. The number of piperidine rings is 2. The number of carbonyl (C=O) groups is 2. The number of fused-ring (bicyclic) bond motifs is 5. The maximum atomic E-state index is 15.2. The molecule has 56 heavy (non-hydrogen) atoms. The first-order valence-electron chi connectivity index (χ1n) is 19.3. The van der Waals surface area contributed by atoms with Crippen LogP contribution in [-0.2, 0) is 21.5 Å². The Labute approximate surface area is 328 Å². The van der Waals surface area contributed by atoms with Crippen molar-refractivity contribution < 1.29 is 18.4 Å². The zero-order chi connectivity index (χ0) is 38.9.